The maximum atomic E-state index is 12.4. The van der Waals surface area contributed by atoms with Crippen molar-refractivity contribution < 1.29 is 24.8 Å². The molecule has 1 aliphatic rings. The third kappa shape index (κ3) is 4.08. The first kappa shape index (κ1) is 21.6. The van der Waals surface area contributed by atoms with E-state index >= 15 is 0 Å². The molecule has 1 fully saturated rings. The largest absolute Gasteiger partial charge is 0.486 e. The van der Waals surface area contributed by atoms with Crippen molar-refractivity contribution in [1.82, 2.24) is 9.55 Å². The van der Waals surface area contributed by atoms with Crippen LogP contribution < -0.4 is 16.0 Å². The number of rotatable bonds is 5. The van der Waals surface area contributed by atoms with Crippen molar-refractivity contribution in [2.75, 3.05) is 6.61 Å². The van der Waals surface area contributed by atoms with E-state index in [-0.39, 0.29) is 26.6 Å². The van der Waals surface area contributed by atoms with Gasteiger partial charge in [0.25, 0.3) is 5.56 Å². The van der Waals surface area contributed by atoms with E-state index in [9.17, 15) is 24.9 Å². The summed E-state index contributed by atoms with van der Waals surface area (Å²) >= 11 is 13.7. The fourth-order valence-electron chi connectivity index (χ4n) is 2.81. The molecular formula is C16H15Cl2IN2O7. The first-order chi connectivity index (χ1) is 13.2. The summed E-state index contributed by atoms with van der Waals surface area (Å²) in [4.78, 5) is 26.6. The molecule has 0 radical (unpaired) electrons. The lowest BCUT2D eigenvalue weighted by atomic mass is 10.1. The molecule has 0 amide bonds. The summed E-state index contributed by atoms with van der Waals surface area (Å²) in [5, 5.41) is 30.2. The zero-order valence-electron chi connectivity index (χ0n) is 14.0. The lowest BCUT2D eigenvalue weighted by Crippen LogP contribution is -2.41. The molecule has 28 heavy (non-hydrogen) atoms. The summed E-state index contributed by atoms with van der Waals surface area (Å²) < 4.78 is 12.2. The van der Waals surface area contributed by atoms with Gasteiger partial charge in [-0.15, -0.1) is 0 Å². The quantitative estimate of drug-likeness (QED) is 0.406. The number of nitrogens with one attached hydrogen (secondary N) is 1. The highest BCUT2D eigenvalue weighted by Gasteiger charge is 2.44. The summed E-state index contributed by atoms with van der Waals surface area (Å²) in [6, 6.07) is 4.56. The fraction of sp³-hybridized carbons (Fsp3) is 0.375. The number of ether oxygens (including phenoxy) is 2. The number of H-pyrrole nitrogens is 1. The number of aliphatic hydroxyl groups excluding tert-OH is 3. The molecule has 1 aromatic heterocycles. The van der Waals surface area contributed by atoms with E-state index in [2.05, 4.69) is 4.98 Å². The maximum absolute atomic E-state index is 12.4. The zero-order valence-corrected chi connectivity index (χ0v) is 17.7. The molecule has 1 aromatic carbocycles. The van der Waals surface area contributed by atoms with Gasteiger partial charge in [-0.1, -0.05) is 23.2 Å². The Morgan fingerprint density at radius 1 is 1.25 bits per heavy atom. The summed E-state index contributed by atoms with van der Waals surface area (Å²) in [6.07, 6.45) is -5.33. The minimum atomic E-state index is -1.51. The van der Waals surface area contributed by atoms with Crippen LogP contribution in [-0.4, -0.2) is 49.8 Å². The van der Waals surface area contributed by atoms with E-state index in [1.54, 1.807) is 28.7 Å². The zero-order chi connectivity index (χ0) is 20.6. The Morgan fingerprint density at radius 3 is 2.57 bits per heavy atom. The van der Waals surface area contributed by atoms with Crippen LogP contribution in [0.15, 0.2) is 27.8 Å². The number of aromatic nitrogens is 2. The van der Waals surface area contributed by atoms with Crippen LogP contribution in [0.4, 0.5) is 0 Å². The van der Waals surface area contributed by atoms with Crippen LogP contribution in [0, 0.1) is 3.57 Å². The lowest BCUT2D eigenvalue weighted by Gasteiger charge is -2.22. The van der Waals surface area contributed by atoms with Gasteiger partial charge in [-0.05, 0) is 40.8 Å². The molecule has 0 saturated carbocycles. The summed E-state index contributed by atoms with van der Waals surface area (Å²) in [5.41, 5.74) is -1.40. The van der Waals surface area contributed by atoms with Crippen LogP contribution in [-0.2, 0) is 11.3 Å². The van der Waals surface area contributed by atoms with Crippen molar-refractivity contribution in [2.24, 2.45) is 0 Å². The smallest absolute Gasteiger partial charge is 0.330 e. The Morgan fingerprint density at radius 2 is 1.96 bits per heavy atom. The number of nitrogens with zero attached hydrogens (tertiary/aromatic N) is 1. The van der Waals surface area contributed by atoms with E-state index in [1.165, 1.54) is 12.1 Å². The van der Waals surface area contributed by atoms with Crippen molar-refractivity contribution in [2.45, 2.75) is 31.1 Å². The highest BCUT2D eigenvalue weighted by Crippen LogP contribution is 2.31. The summed E-state index contributed by atoms with van der Waals surface area (Å²) in [7, 11) is 0. The van der Waals surface area contributed by atoms with Gasteiger partial charge in [-0.3, -0.25) is 14.3 Å². The van der Waals surface area contributed by atoms with Crippen molar-refractivity contribution in [3.63, 3.8) is 0 Å². The monoisotopic (exact) mass is 544 g/mol. The third-order valence-electron chi connectivity index (χ3n) is 4.21. The second-order valence-electron chi connectivity index (χ2n) is 5.98. The summed E-state index contributed by atoms with van der Waals surface area (Å²) in [6.45, 7) is -0.818. The number of aromatic amines is 1. The molecule has 152 valence electrons. The van der Waals surface area contributed by atoms with Crippen LogP contribution in [0.5, 0.6) is 5.75 Å². The lowest BCUT2D eigenvalue weighted by molar-refractivity contribution is -0.0573. The number of benzene rings is 1. The number of hydrogen-bond acceptors (Lipinski definition) is 7. The molecule has 2 aromatic rings. The molecular weight excluding hydrogens is 530 g/mol. The molecule has 4 N–H and O–H groups in total. The molecule has 12 heteroatoms. The molecule has 0 unspecified atom stereocenters. The molecule has 0 spiro atoms. The molecule has 3 rings (SSSR count). The fourth-order valence-corrected chi connectivity index (χ4v) is 3.82. The molecule has 0 aliphatic carbocycles. The van der Waals surface area contributed by atoms with E-state index in [1.807, 2.05) is 0 Å². The normalized spacial score (nSPS) is 24.5. The Balaban J connectivity index is 2.01. The van der Waals surface area contributed by atoms with Crippen LogP contribution >= 0.6 is 45.8 Å². The van der Waals surface area contributed by atoms with Gasteiger partial charge in [-0.2, -0.15) is 0 Å². The minimum absolute atomic E-state index is 0.107. The van der Waals surface area contributed by atoms with Crippen molar-refractivity contribution >= 4 is 45.8 Å². The molecule has 1 saturated heterocycles. The maximum Gasteiger partial charge on any atom is 0.330 e. The van der Waals surface area contributed by atoms with E-state index in [0.29, 0.717) is 5.02 Å². The van der Waals surface area contributed by atoms with E-state index in [4.69, 9.17) is 32.7 Å². The highest BCUT2D eigenvalue weighted by molar-refractivity contribution is 14.1. The van der Waals surface area contributed by atoms with Gasteiger partial charge in [0.1, 0.15) is 34.2 Å². The van der Waals surface area contributed by atoms with Gasteiger partial charge in [-0.25, -0.2) is 4.79 Å². The summed E-state index contributed by atoms with van der Waals surface area (Å²) in [5.74, 6) is 0.266. The first-order valence-electron chi connectivity index (χ1n) is 7.98. The topological polar surface area (TPSA) is 134 Å². The van der Waals surface area contributed by atoms with Crippen molar-refractivity contribution in [3.8, 4) is 5.75 Å². The van der Waals surface area contributed by atoms with Crippen LogP contribution in [0.1, 0.15) is 11.9 Å². The van der Waals surface area contributed by atoms with Crippen LogP contribution in [0.2, 0.25) is 10.0 Å². The van der Waals surface area contributed by atoms with Crippen LogP contribution in [0.3, 0.4) is 0 Å². The van der Waals surface area contributed by atoms with E-state index in [0.717, 1.165) is 4.57 Å². The van der Waals surface area contributed by atoms with E-state index < -0.39 is 42.4 Å². The SMILES string of the molecule is O=c1[nH]c(=O)n([C@@H]2O[C@H](CO)[C@@H](O)[C@H]2O)c(COc2ccc(Cl)cc2Cl)c1I. The number of halogens is 3. The predicted octanol–water partition coefficient (Wildman–Crippen LogP) is 0.639. The van der Waals surface area contributed by atoms with Gasteiger partial charge in [0.2, 0.25) is 0 Å². The molecule has 1 aliphatic heterocycles. The third-order valence-corrected chi connectivity index (χ3v) is 5.86. The predicted molar refractivity (Wildman–Crippen MR) is 108 cm³/mol. The first-order valence-corrected chi connectivity index (χ1v) is 9.81. The van der Waals surface area contributed by atoms with Crippen molar-refractivity contribution in [3.05, 3.63) is 58.3 Å². The molecule has 4 atom stereocenters. The highest BCUT2D eigenvalue weighted by atomic mass is 127. The van der Waals surface area contributed by atoms with Gasteiger partial charge in [0, 0.05) is 5.02 Å². The average molecular weight is 545 g/mol. The Labute approximate surface area is 181 Å². The average Bonchev–Trinajstić information content (AvgIpc) is 2.92. The standard InChI is InChI=1S/C16H15Cl2IN2O7/c17-6-1-2-9(7(18)3-6)27-5-8-11(19)14(25)20-16(26)21(8)15-13(24)12(23)10(4-22)28-15/h1-3,10,12-13,15,22-24H,4-5H2,(H,20,25,26)/t10-,12-,13-,15-/m1/s1. The minimum Gasteiger partial charge on any atom is -0.486 e. The molecule has 2 heterocycles. The number of aliphatic hydroxyl groups is 3. The van der Waals surface area contributed by atoms with Gasteiger partial charge in [0.05, 0.1) is 17.3 Å². The Bertz CT molecular complexity index is 996. The second kappa shape index (κ2) is 8.69. The second-order valence-corrected chi connectivity index (χ2v) is 7.90. The van der Waals surface area contributed by atoms with Gasteiger partial charge in [0.15, 0.2) is 6.23 Å². The van der Waals surface area contributed by atoms with Crippen LogP contribution in [0.25, 0.3) is 0 Å². The Hall–Kier alpha value is -1.15. The number of hydrogen-bond donors (Lipinski definition) is 4. The van der Waals surface area contributed by atoms with Crippen molar-refractivity contribution in [1.29, 1.82) is 0 Å². The van der Waals surface area contributed by atoms with Gasteiger partial charge >= 0.3 is 5.69 Å². The molecule has 0 bridgehead atoms. The molecule has 9 nitrogen and oxygen atoms in total. The van der Waals surface area contributed by atoms with Gasteiger partial charge < -0.3 is 24.8 Å². The Kier molecular flexibility index (Phi) is 6.69.